The number of hydrogen-bond donors (Lipinski definition) is 2. The average Bonchev–Trinajstić information content (AvgIpc) is 2.84. The molecule has 0 radical (unpaired) electrons. The number of nitrogens with zero attached hydrogens (tertiary/aromatic N) is 2. The Morgan fingerprint density at radius 3 is 2.81 bits per heavy atom. The zero-order chi connectivity index (χ0) is 14.6. The van der Waals surface area contributed by atoms with Crippen LogP contribution in [0.25, 0.3) is 0 Å². The van der Waals surface area contributed by atoms with E-state index in [1.54, 1.807) is 11.3 Å². The number of aryl methyl sites for hydroxylation is 1. The van der Waals surface area contributed by atoms with Gasteiger partial charge in [-0.25, -0.2) is 4.98 Å². The molecule has 1 heterocycles. The zero-order valence-electron chi connectivity index (χ0n) is 13.1. The molecule has 7 heteroatoms. The van der Waals surface area contributed by atoms with Gasteiger partial charge in [0.15, 0.2) is 5.96 Å². The van der Waals surface area contributed by atoms with Crippen molar-refractivity contribution in [2.75, 3.05) is 31.6 Å². The smallest absolute Gasteiger partial charge is 0.191 e. The first-order valence-corrected chi connectivity index (χ1v) is 9.45. The Morgan fingerprint density at radius 1 is 1.38 bits per heavy atom. The van der Waals surface area contributed by atoms with Gasteiger partial charge >= 0.3 is 0 Å². The van der Waals surface area contributed by atoms with Crippen LogP contribution in [0.2, 0.25) is 0 Å². The molecule has 122 valence electrons. The summed E-state index contributed by atoms with van der Waals surface area (Å²) in [5.74, 6) is 2.14. The fourth-order valence-electron chi connectivity index (χ4n) is 1.72. The van der Waals surface area contributed by atoms with E-state index < -0.39 is 0 Å². The molecule has 0 amide bonds. The van der Waals surface area contributed by atoms with Crippen molar-refractivity contribution in [2.45, 2.75) is 33.1 Å². The zero-order valence-corrected chi connectivity index (χ0v) is 17.1. The number of hydrogen-bond acceptors (Lipinski definition) is 4. The second-order valence-electron chi connectivity index (χ2n) is 4.50. The molecule has 0 unspecified atom stereocenters. The Hall–Kier alpha value is -0.0200. The van der Waals surface area contributed by atoms with Crippen molar-refractivity contribution in [1.29, 1.82) is 0 Å². The molecule has 1 aromatic heterocycles. The Labute approximate surface area is 154 Å². The number of rotatable bonds is 9. The van der Waals surface area contributed by atoms with Crippen molar-refractivity contribution in [3.8, 4) is 0 Å². The number of thiazole rings is 1. The van der Waals surface area contributed by atoms with Crippen LogP contribution in [0.1, 0.15) is 30.5 Å². The van der Waals surface area contributed by atoms with Crippen LogP contribution in [-0.4, -0.2) is 42.6 Å². The van der Waals surface area contributed by atoms with Gasteiger partial charge in [0.1, 0.15) is 0 Å². The van der Waals surface area contributed by atoms with E-state index in [0.29, 0.717) is 0 Å². The van der Waals surface area contributed by atoms with Crippen molar-refractivity contribution >= 4 is 53.0 Å². The van der Waals surface area contributed by atoms with E-state index >= 15 is 0 Å². The lowest BCUT2D eigenvalue weighted by molar-refractivity contribution is 0.766. The summed E-state index contributed by atoms with van der Waals surface area (Å²) in [7, 11) is 0. The van der Waals surface area contributed by atoms with Crippen molar-refractivity contribution in [3.05, 3.63) is 16.1 Å². The van der Waals surface area contributed by atoms with Crippen LogP contribution in [0, 0.1) is 6.92 Å². The second-order valence-corrected chi connectivity index (χ2v) is 6.54. The predicted octanol–water partition coefficient (Wildman–Crippen LogP) is 3.31. The van der Waals surface area contributed by atoms with Gasteiger partial charge in [-0.2, -0.15) is 11.8 Å². The molecule has 0 atom stereocenters. The van der Waals surface area contributed by atoms with Gasteiger partial charge in [-0.05, 0) is 38.7 Å². The predicted molar refractivity (Wildman–Crippen MR) is 108 cm³/mol. The molecular formula is C14H27IN4S2. The minimum atomic E-state index is 0. The van der Waals surface area contributed by atoms with E-state index in [-0.39, 0.29) is 24.0 Å². The monoisotopic (exact) mass is 442 g/mol. The van der Waals surface area contributed by atoms with Crippen LogP contribution in [0.3, 0.4) is 0 Å². The molecule has 0 aliphatic rings. The van der Waals surface area contributed by atoms with Gasteiger partial charge in [-0.3, -0.25) is 4.99 Å². The molecular weight excluding hydrogens is 415 g/mol. The number of aromatic nitrogens is 1. The first-order chi connectivity index (χ1) is 9.76. The maximum Gasteiger partial charge on any atom is 0.191 e. The van der Waals surface area contributed by atoms with Gasteiger partial charge < -0.3 is 10.6 Å². The van der Waals surface area contributed by atoms with E-state index in [2.05, 4.69) is 39.2 Å². The van der Waals surface area contributed by atoms with Gasteiger partial charge in [0.05, 0.1) is 10.7 Å². The third-order valence-corrected chi connectivity index (χ3v) is 4.23. The van der Waals surface area contributed by atoms with Crippen LogP contribution >= 0.6 is 47.1 Å². The van der Waals surface area contributed by atoms with E-state index in [4.69, 9.17) is 0 Å². The lowest BCUT2D eigenvalue weighted by Gasteiger charge is -2.10. The topological polar surface area (TPSA) is 49.3 Å². The highest BCUT2D eigenvalue weighted by Gasteiger charge is 2.00. The van der Waals surface area contributed by atoms with Crippen LogP contribution in [0.15, 0.2) is 10.4 Å². The third-order valence-electron chi connectivity index (χ3n) is 2.71. The fourth-order valence-corrected chi connectivity index (χ4v) is 2.86. The van der Waals surface area contributed by atoms with Gasteiger partial charge in [-0.15, -0.1) is 35.3 Å². The van der Waals surface area contributed by atoms with Gasteiger partial charge in [0.25, 0.3) is 0 Å². The molecule has 0 aromatic carbocycles. The summed E-state index contributed by atoms with van der Waals surface area (Å²) >= 11 is 3.61. The van der Waals surface area contributed by atoms with Gasteiger partial charge in [-0.1, -0.05) is 0 Å². The Balaban J connectivity index is 0.00000400. The summed E-state index contributed by atoms with van der Waals surface area (Å²) < 4.78 is 0. The van der Waals surface area contributed by atoms with Crippen molar-refractivity contribution < 1.29 is 0 Å². The molecule has 0 spiro atoms. The van der Waals surface area contributed by atoms with E-state index in [9.17, 15) is 0 Å². The summed E-state index contributed by atoms with van der Waals surface area (Å²) in [5.41, 5.74) is 1.16. The first-order valence-electron chi connectivity index (χ1n) is 7.18. The number of guanidine groups is 1. The molecule has 0 bridgehead atoms. The first kappa shape index (κ1) is 21.0. The maximum absolute atomic E-state index is 4.59. The molecule has 0 fully saturated rings. The summed E-state index contributed by atoms with van der Waals surface area (Å²) in [4.78, 5) is 9.05. The number of nitrogens with one attached hydrogen (secondary N) is 2. The van der Waals surface area contributed by atoms with E-state index in [0.717, 1.165) is 49.1 Å². The molecule has 2 N–H and O–H groups in total. The lowest BCUT2D eigenvalue weighted by atomic mass is 10.3. The highest BCUT2D eigenvalue weighted by molar-refractivity contribution is 14.0. The summed E-state index contributed by atoms with van der Waals surface area (Å²) in [6, 6.07) is 0. The molecule has 0 saturated carbocycles. The summed E-state index contributed by atoms with van der Waals surface area (Å²) in [6.07, 6.45) is 5.49. The van der Waals surface area contributed by atoms with Crippen molar-refractivity contribution in [3.63, 3.8) is 0 Å². The summed E-state index contributed by atoms with van der Waals surface area (Å²) in [6.45, 7) is 6.80. The molecule has 21 heavy (non-hydrogen) atoms. The third kappa shape index (κ3) is 10.4. The quantitative estimate of drug-likeness (QED) is 0.267. The maximum atomic E-state index is 4.59. The largest absolute Gasteiger partial charge is 0.357 e. The van der Waals surface area contributed by atoms with E-state index in [1.165, 1.54) is 12.2 Å². The Bertz CT molecular complexity index is 396. The second kappa shape index (κ2) is 13.6. The van der Waals surface area contributed by atoms with Crippen LogP contribution in [-0.2, 0) is 6.42 Å². The molecule has 0 aliphatic heterocycles. The molecule has 0 aliphatic carbocycles. The van der Waals surface area contributed by atoms with Crippen molar-refractivity contribution in [1.82, 2.24) is 15.6 Å². The van der Waals surface area contributed by atoms with E-state index in [1.807, 2.05) is 18.7 Å². The molecule has 1 aromatic rings. The Morgan fingerprint density at radius 2 is 2.19 bits per heavy atom. The lowest BCUT2D eigenvalue weighted by Crippen LogP contribution is -2.38. The van der Waals surface area contributed by atoms with Crippen molar-refractivity contribution in [2.24, 2.45) is 4.99 Å². The number of aliphatic imine (C=N–C) groups is 1. The van der Waals surface area contributed by atoms with Crippen LogP contribution in [0.5, 0.6) is 0 Å². The molecule has 0 saturated heterocycles. The number of thioether (sulfide) groups is 1. The SMILES string of the molecule is CCNC(=NCCCCSC)NCCc1csc(C)n1.I. The minimum absolute atomic E-state index is 0. The molecule has 1 rings (SSSR count). The Kier molecular flexibility index (Phi) is 13.6. The number of unbranched alkanes of at least 4 members (excludes halogenated alkanes) is 1. The highest BCUT2D eigenvalue weighted by Crippen LogP contribution is 2.07. The number of halogens is 1. The fraction of sp³-hybridized carbons (Fsp3) is 0.714. The van der Waals surface area contributed by atoms with Crippen LogP contribution in [0.4, 0.5) is 0 Å². The van der Waals surface area contributed by atoms with Gasteiger partial charge in [0.2, 0.25) is 0 Å². The summed E-state index contributed by atoms with van der Waals surface area (Å²) in [5, 5.41) is 9.91. The van der Waals surface area contributed by atoms with Crippen LogP contribution < -0.4 is 10.6 Å². The van der Waals surface area contributed by atoms with Gasteiger partial charge in [0, 0.05) is 31.4 Å². The highest BCUT2D eigenvalue weighted by atomic mass is 127. The standard InChI is InChI=1S/C14H26N4S2.HI/c1-4-15-14(16-8-5-6-10-19-3)17-9-7-13-11-20-12(2)18-13;/h11H,4-10H2,1-3H3,(H2,15,16,17);1H. The minimum Gasteiger partial charge on any atom is -0.357 e. The average molecular weight is 442 g/mol. The normalized spacial score (nSPS) is 11.1. The molecule has 4 nitrogen and oxygen atoms in total.